The topological polar surface area (TPSA) is 65.0 Å². The van der Waals surface area contributed by atoms with Crippen LogP contribution >= 0.6 is 0 Å². The van der Waals surface area contributed by atoms with Gasteiger partial charge in [0.05, 0.1) is 0 Å². The first kappa shape index (κ1) is 14.6. The molecule has 0 atom stereocenters. The molecule has 1 N–H and O–H groups in total. The first-order chi connectivity index (χ1) is 7.10. The average molecular weight is 236 g/mol. The lowest BCUT2D eigenvalue weighted by atomic mass is 10.5. The Kier molecular flexibility index (Phi) is 7.58. The standard InChI is InChI=1S/C9H20O5Si/c1-4-12-15(13-5-2,14-6-3)8-7-9(10)11/h4-8H2,1-3H3,(H,10,11). The number of hydrogen-bond acceptors (Lipinski definition) is 4. The van der Waals surface area contributed by atoms with Crippen LogP contribution in [0.15, 0.2) is 0 Å². The van der Waals surface area contributed by atoms with Crippen molar-refractivity contribution in [2.24, 2.45) is 0 Å². The molecule has 0 spiro atoms. The molecule has 0 aliphatic rings. The van der Waals surface area contributed by atoms with Crippen LogP contribution in [0.1, 0.15) is 27.2 Å². The lowest BCUT2D eigenvalue weighted by molar-refractivity contribution is -0.136. The van der Waals surface area contributed by atoms with Gasteiger partial charge in [0.25, 0.3) is 0 Å². The molecule has 0 aromatic rings. The summed E-state index contributed by atoms with van der Waals surface area (Å²) < 4.78 is 16.5. The Labute approximate surface area is 91.7 Å². The minimum atomic E-state index is -2.74. The number of aliphatic carboxylic acids is 1. The van der Waals surface area contributed by atoms with E-state index in [0.717, 1.165) is 0 Å². The molecule has 15 heavy (non-hydrogen) atoms. The summed E-state index contributed by atoms with van der Waals surface area (Å²) >= 11 is 0. The summed E-state index contributed by atoms with van der Waals surface area (Å²) in [5, 5.41) is 8.64. The van der Waals surface area contributed by atoms with Crippen LogP contribution in [0.5, 0.6) is 0 Å². The molecular formula is C9H20O5Si. The number of rotatable bonds is 9. The van der Waals surface area contributed by atoms with Crippen LogP contribution < -0.4 is 0 Å². The molecule has 0 unspecified atom stereocenters. The Bertz CT molecular complexity index is 168. The van der Waals surface area contributed by atoms with Crippen molar-refractivity contribution in [1.29, 1.82) is 0 Å². The van der Waals surface area contributed by atoms with E-state index >= 15 is 0 Å². The molecule has 0 rings (SSSR count). The highest BCUT2D eigenvalue weighted by Crippen LogP contribution is 2.17. The van der Waals surface area contributed by atoms with Crippen LogP contribution in [0.3, 0.4) is 0 Å². The van der Waals surface area contributed by atoms with Gasteiger partial charge in [0.1, 0.15) is 0 Å². The second kappa shape index (κ2) is 7.81. The normalized spacial score (nSPS) is 11.7. The fourth-order valence-corrected chi connectivity index (χ4v) is 3.78. The van der Waals surface area contributed by atoms with Gasteiger partial charge in [-0.15, -0.1) is 0 Å². The Hall–Kier alpha value is -0.433. The quantitative estimate of drug-likeness (QED) is 0.615. The van der Waals surface area contributed by atoms with Gasteiger partial charge in [-0.25, -0.2) is 0 Å². The first-order valence-electron chi connectivity index (χ1n) is 5.23. The molecular weight excluding hydrogens is 216 g/mol. The van der Waals surface area contributed by atoms with E-state index in [1.165, 1.54) is 0 Å². The zero-order chi connectivity index (χ0) is 11.7. The van der Waals surface area contributed by atoms with Crippen LogP contribution in [0.25, 0.3) is 0 Å². The molecule has 0 bridgehead atoms. The molecule has 0 aromatic carbocycles. The maximum atomic E-state index is 10.5. The molecule has 0 amide bonds. The maximum absolute atomic E-state index is 10.5. The lowest BCUT2D eigenvalue weighted by Crippen LogP contribution is -2.46. The van der Waals surface area contributed by atoms with E-state index in [0.29, 0.717) is 25.9 Å². The van der Waals surface area contributed by atoms with Crippen LogP contribution in [0.4, 0.5) is 0 Å². The second-order valence-electron chi connectivity index (χ2n) is 2.88. The SMILES string of the molecule is CCO[Si](CCC(=O)O)(OCC)OCC. The van der Waals surface area contributed by atoms with Crippen molar-refractivity contribution in [2.45, 2.75) is 33.2 Å². The van der Waals surface area contributed by atoms with Crippen LogP contribution in [-0.2, 0) is 18.1 Å². The minimum Gasteiger partial charge on any atom is -0.481 e. The molecule has 6 heteroatoms. The van der Waals surface area contributed by atoms with E-state index in [-0.39, 0.29) is 6.42 Å². The van der Waals surface area contributed by atoms with E-state index < -0.39 is 14.8 Å². The molecule has 0 heterocycles. The van der Waals surface area contributed by atoms with Gasteiger partial charge in [0.15, 0.2) is 0 Å². The molecule has 0 saturated carbocycles. The van der Waals surface area contributed by atoms with Crippen molar-refractivity contribution in [3.8, 4) is 0 Å². The fraction of sp³-hybridized carbons (Fsp3) is 0.889. The van der Waals surface area contributed by atoms with Gasteiger partial charge in [-0.05, 0) is 20.8 Å². The molecule has 0 aliphatic carbocycles. The van der Waals surface area contributed by atoms with E-state index in [4.69, 9.17) is 18.4 Å². The number of carboxylic acid groups (broad SMARTS) is 1. The van der Waals surface area contributed by atoms with Gasteiger partial charge in [-0.2, -0.15) is 0 Å². The molecule has 0 saturated heterocycles. The van der Waals surface area contributed by atoms with Gasteiger partial charge in [-0.3, -0.25) is 4.79 Å². The molecule has 0 fully saturated rings. The summed E-state index contributed by atoms with van der Waals surface area (Å²) in [4.78, 5) is 10.5. The summed E-state index contributed by atoms with van der Waals surface area (Å²) in [5.74, 6) is -0.856. The highest BCUT2D eigenvalue weighted by atomic mass is 28.4. The van der Waals surface area contributed by atoms with Gasteiger partial charge >= 0.3 is 14.8 Å². The van der Waals surface area contributed by atoms with E-state index in [2.05, 4.69) is 0 Å². The molecule has 0 aliphatic heterocycles. The van der Waals surface area contributed by atoms with Crippen LogP contribution in [0.2, 0.25) is 6.04 Å². The monoisotopic (exact) mass is 236 g/mol. The third kappa shape index (κ3) is 5.88. The van der Waals surface area contributed by atoms with Gasteiger partial charge in [0.2, 0.25) is 0 Å². The zero-order valence-electron chi connectivity index (χ0n) is 9.62. The van der Waals surface area contributed by atoms with Gasteiger partial charge in [-0.1, -0.05) is 0 Å². The predicted molar refractivity (Wildman–Crippen MR) is 57.7 cm³/mol. The second-order valence-corrected chi connectivity index (χ2v) is 5.61. The summed E-state index contributed by atoms with van der Waals surface area (Å²) in [6.45, 7) is 6.98. The Morgan fingerprint density at radius 1 is 1.07 bits per heavy atom. The Morgan fingerprint density at radius 2 is 1.47 bits per heavy atom. The lowest BCUT2D eigenvalue weighted by Gasteiger charge is -2.27. The number of carbonyl (C=O) groups is 1. The smallest absolute Gasteiger partial charge is 0.481 e. The van der Waals surface area contributed by atoms with Crippen molar-refractivity contribution < 1.29 is 23.2 Å². The largest absolute Gasteiger partial charge is 0.501 e. The molecule has 0 radical (unpaired) electrons. The van der Waals surface area contributed by atoms with Gasteiger partial charge in [0, 0.05) is 32.3 Å². The Morgan fingerprint density at radius 3 is 1.73 bits per heavy atom. The van der Waals surface area contributed by atoms with E-state index in [1.807, 2.05) is 20.8 Å². The molecule has 0 aromatic heterocycles. The zero-order valence-corrected chi connectivity index (χ0v) is 10.6. The Balaban J connectivity index is 4.37. The summed E-state index contributed by atoms with van der Waals surface area (Å²) in [6.07, 6.45) is 0.0201. The van der Waals surface area contributed by atoms with Crippen molar-refractivity contribution in [1.82, 2.24) is 0 Å². The van der Waals surface area contributed by atoms with Gasteiger partial charge < -0.3 is 18.4 Å². The summed E-state index contributed by atoms with van der Waals surface area (Å²) in [5.41, 5.74) is 0. The van der Waals surface area contributed by atoms with Crippen molar-refractivity contribution in [3.05, 3.63) is 0 Å². The first-order valence-corrected chi connectivity index (χ1v) is 7.17. The number of hydrogen-bond donors (Lipinski definition) is 1. The van der Waals surface area contributed by atoms with Crippen LogP contribution in [-0.4, -0.2) is 39.7 Å². The van der Waals surface area contributed by atoms with E-state index in [9.17, 15) is 4.79 Å². The van der Waals surface area contributed by atoms with Crippen molar-refractivity contribution >= 4 is 14.8 Å². The third-order valence-electron chi connectivity index (χ3n) is 1.74. The van der Waals surface area contributed by atoms with Crippen molar-refractivity contribution in [3.63, 3.8) is 0 Å². The van der Waals surface area contributed by atoms with Crippen molar-refractivity contribution in [2.75, 3.05) is 19.8 Å². The third-order valence-corrected chi connectivity index (χ3v) is 4.79. The minimum absolute atomic E-state index is 0.0201. The molecule has 5 nitrogen and oxygen atoms in total. The highest BCUT2D eigenvalue weighted by molar-refractivity contribution is 6.60. The predicted octanol–water partition coefficient (Wildman–Crippen LogP) is 1.51. The molecule has 90 valence electrons. The summed E-state index contributed by atoms with van der Waals surface area (Å²) in [7, 11) is -2.74. The average Bonchev–Trinajstić information content (AvgIpc) is 2.16. The van der Waals surface area contributed by atoms with Crippen LogP contribution in [0, 0.1) is 0 Å². The fourth-order valence-electron chi connectivity index (χ4n) is 1.26. The summed E-state index contributed by atoms with van der Waals surface area (Å²) in [6, 6.07) is 0.331. The maximum Gasteiger partial charge on any atom is 0.501 e. The number of carboxylic acids is 1. The highest BCUT2D eigenvalue weighted by Gasteiger charge is 2.40. The van der Waals surface area contributed by atoms with E-state index in [1.54, 1.807) is 0 Å².